The highest BCUT2D eigenvalue weighted by Crippen LogP contribution is 2.24. The van der Waals surface area contributed by atoms with Gasteiger partial charge in [0.25, 0.3) is 0 Å². The molecular weight excluding hydrogens is 138 g/mol. The van der Waals surface area contributed by atoms with E-state index in [9.17, 15) is 5.11 Å². The van der Waals surface area contributed by atoms with Crippen LogP contribution in [-0.2, 0) is 6.42 Å². The van der Waals surface area contributed by atoms with E-state index in [0.717, 1.165) is 18.4 Å². The van der Waals surface area contributed by atoms with Gasteiger partial charge in [0.1, 0.15) is 5.75 Å². The zero-order chi connectivity index (χ0) is 8.27. The summed E-state index contributed by atoms with van der Waals surface area (Å²) in [6.45, 7) is 2.07. The number of nitrogen functional groups attached to an aromatic ring is 1. The summed E-state index contributed by atoms with van der Waals surface area (Å²) in [6, 6.07) is 5.46. The summed E-state index contributed by atoms with van der Waals surface area (Å²) in [4.78, 5) is 0. The van der Waals surface area contributed by atoms with Crippen LogP contribution in [0.1, 0.15) is 18.9 Å². The van der Waals surface area contributed by atoms with E-state index in [4.69, 9.17) is 5.73 Å². The molecule has 2 heteroatoms. The molecule has 60 valence electrons. The second-order valence-electron chi connectivity index (χ2n) is 2.60. The predicted octanol–water partition coefficient (Wildman–Crippen LogP) is 1.93. The second kappa shape index (κ2) is 3.28. The van der Waals surface area contributed by atoms with Gasteiger partial charge in [0.2, 0.25) is 0 Å². The Balaban J connectivity index is 2.96. The molecule has 0 aliphatic rings. The molecular formula is C9H13NO. The molecule has 0 aliphatic heterocycles. The van der Waals surface area contributed by atoms with Gasteiger partial charge in [-0.25, -0.2) is 0 Å². The number of nitrogens with two attached hydrogens (primary N) is 1. The van der Waals surface area contributed by atoms with Crippen molar-refractivity contribution in [1.82, 2.24) is 0 Å². The quantitative estimate of drug-likeness (QED) is 0.501. The predicted molar refractivity (Wildman–Crippen MR) is 46.5 cm³/mol. The number of para-hydroxylation sites is 1. The van der Waals surface area contributed by atoms with Crippen LogP contribution in [0.4, 0.5) is 5.69 Å². The normalized spacial score (nSPS) is 9.91. The number of hydrogen-bond donors (Lipinski definition) is 2. The molecule has 0 spiro atoms. The smallest absolute Gasteiger partial charge is 0.141 e. The molecule has 2 nitrogen and oxygen atoms in total. The van der Waals surface area contributed by atoms with Crippen molar-refractivity contribution in [2.75, 3.05) is 5.73 Å². The first-order valence-corrected chi connectivity index (χ1v) is 3.82. The maximum absolute atomic E-state index is 9.40. The molecule has 0 amide bonds. The standard InChI is InChI=1S/C9H13NO/c1-2-4-7-5-3-6-8(10)9(7)11/h3,5-6,11H,2,4,10H2,1H3. The van der Waals surface area contributed by atoms with Crippen LogP contribution in [0.2, 0.25) is 0 Å². The van der Waals surface area contributed by atoms with Crippen molar-refractivity contribution in [1.29, 1.82) is 0 Å². The lowest BCUT2D eigenvalue weighted by molar-refractivity contribution is 0.470. The molecule has 0 fully saturated rings. The molecule has 0 aromatic heterocycles. The van der Waals surface area contributed by atoms with Gasteiger partial charge in [-0.15, -0.1) is 0 Å². The van der Waals surface area contributed by atoms with Gasteiger partial charge in [0, 0.05) is 0 Å². The van der Waals surface area contributed by atoms with Gasteiger partial charge in [-0.1, -0.05) is 25.5 Å². The van der Waals surface area contributed by atoms with Gasteiger partial charge in [0.15, 0.2) is 0 Å². The highest BCUT2D eigenvalue weighted by atomic mass is 16.3. The summed E-state index contributed by atoms with van der Waals surface area (Å²) >= 11 is 0. The van der Waals surface area contributed by atoms with Crippen molar-refractivity contribution in [2.24, 2.45) is 0 Å². The van der Waals surface area contributed by atoms with Crippen molar-refractivity contribution in [3.8, 4) is 5.75 Å². The minimum atomic E-state index is 0.245. The number of hydrogen-bond acceptors (Lipinski definition) is 2. The van der Waals surface area contributed by atoms with Crippen LogP contribution in [0.5, 0.6) is 5.75 Å². The zero-order valence-corrected chi connectivity index (χ0v) is 6.67. The molecule has 0 unspecified atom stereocenters. The van der Waals surface area contributed by atoms with Gasteiger partial charge in [-0.2, -0.15) is 0 Å². The Kier molecular flexibility index (Phi) is 2.36. The number of aryl methyl sites for hydroxylation is 1. The fraction of sp³-hybridized carbons (Fsp3) is 0.333. The van der Waals surface area contributed by atoms with Gasteiger partial charge in [0.05, 0.1) is 5.69 Å². The monoisotopic (exact) mass is 151 g/mol. The first-order valence-electron chi connectivity index (χ1n) is 3.82. The summed E-state index contributed by atoms with van der Waals surface area (Å²) in [5, 5.41) is 9.40. The van der Waals surface area contributed by atoms with Crippen LogP contribution >= 0.6 is 0 Å². The number of anilines is 1. The molecule has 0 radical (unpaired) electrons. The minimum absolute atomic E-state index is 0.245. The van der Waals surface area contributed by atoms with Crippen LogP contribution in [0, 0.1) is 0 Å². The van der Waals surface area contributed by atoms with Crippen LogP contribution in [0.15, 0.2) is 18.2 Å². The SMILES string of the molecule is CCCc1cccc(N)c1O. The van der Waals surface area contributed by atoms with Crippen molar-refractivity contribution in [3.63, 3.8) is 0 Å². The Morgan fingerprint density at radius 1 is 1.45 bits per heavy atom. The molecule has 1 aromatic rings. The average molecular weight is 151 g/mol. The fourth-order valence-electron chi connectivity index (χ4n) is 1.08. The lowest BCUT2D eigenvalue weighted by atomic mass is 10.1. The van der Waals surface area contributed by atoms with Crippen LogP contribution in [-0.4, -0.2) is 5.11 Å². The van der Waals surface area contributed by atoms with Crippen molar-refractivity contribution >= 4 is 5.69 Å². The Bertz CT molecular complexity index is 245. The van der Waals surface area contributed by atoms with Crippen LogP contribution < -0.4 is 5.73 Å². The van der Waals surface area contributed by atoms with Gasteiger partial charge >= 0.3 is 0 Å². The minimum Gasteiger partial charge on any atom is -0.506 e. The van der Waals surface area contributed by atoms with E-state index >= 15 is 0 Å². The maximum Gasteiger partial charge on any atom is 0.141 e. The van der Waals surface area contributed by atoms with Gasteiger partial charge in [-0.3, -0.25) is 0 Å². The lowest BCUT2D eigenvalue weighted by Crippen LogP contribution is -1.90. The van der Waals surface area contributed by atoms with Gasteiger partial charge in [-0.05, 0) is 18.1 Å². The second-order valence-corrected chi connectivity index (χ2v) is 2.60. The third-order valence-electron chi connectivity index (χ3n) is 1.67. The molecule has 0 saturated carbocycles. The number of rotatable bonds is 2. The Morgan fingerprint density at radius 3 is 2.82 bits per heavy atom. The fourth-order valence-corrected chi connectivity index (χ4v) is 1.08. The Hall–Kier alpha value is -1.18. The van der Waals surface area contributed by atoms with E-state index in [0.29, 0.717) is 5.69 Å². The highest BCUT2D eigenvalue weighted by Gasteiger charge is 2.01. The molecule has 0 aliphatic carbocycles. The van der Waals surface area contributed by atoms with Crippen molar-refractivity contribution < 1.29 is 5.11 Å². The van der Waals surface area contributed by atoms with E-state index in [-0.39, 0.29) is 5.75 Å². The van der Waals surface area contributed by atoms with Crippen LogP contribution in [0.3, 0.4) is 0 Å². The Labute approximate surface area is 66.7 Å². The number of aromatic hydroxyl groups is 1. The molecule has 0 heterocycles. The number of benzene rings is 1. The zero-order valence-electron chi connectivity index (χ0n) is 6.67. The molecule has 1 aromatic carbocycles. The molecule has 0 atom stereocenters. The third kappa shape index (κ3) is 1.64. The average Bonchev–Trinajstić information content (AvgIpc) is 1.99. The van der Waals surface area contributed by atoms with Gasteiger partial charge < -0.3 is 10.8 Å². The van der Waals surface area contributed by atoms with Crippen molar-refractivity contribution in [2.45, 2.75) is 19.8 Å². The number of phenolic OH excluding ortho intramolecular Hbond substituents is 1. The summed E-state index contributed by atoms with van der Waals surface area (Å²) in [5.74, 6) is 0.245. The first-order chi connectivity index (χ1) is 5.25. The van der Waals surface area contributed by atoms with E-state index in [1.165, 1.54) is 0 Å². The molecule has 1 rings (SSSR count). The first kappa shape index (κ1) is 7.92. The summed E-state index contributed by atoms with van der Waals surface area (Å²) in [7, 11) is 0. The van der Waals surface area contributed by atoms with Crippen molar-refractivity contribution in [3.05, 3.63) is 23.8 Å². The highest BCUT2D eigenvalue weighted by molar-refractivity contribution is 5.55. The number of phenols is 1. The molecule has 0 bridgehead atoms. The van der Waals surface area contributed by atoms with E-state index < -0.39 is 0 Å². The third-order valence-corrected chi connectivity index (χ3v) is 1.67. The molecule has 11 heavy (non-hydrogen) atoms. The maximum atomic E-state index is 9.40. The van der Waals surface area contributed by atoms with E-state index in [2.05, 4.69) is 6.92 Å². The molecule has 0 saturated heterocycles. The summed E-state index contributed by atoms with van der Waals surface area (Å²) < 4.78 is 0. The van der Waals surface area contributed by atoms with Crippen LogP contribution in [0.25, 0.3) is 0 Å². The Morgan fingerprint density at radius 2 is 2.18 bits per heavy atom. The lowest BCUT2D eigenvalue weighted by Gasteiger charge is -2.04. The van der Waals surface area contributed by atoms with E-state index in [1.807, 2.05) is 12.1 Å². The molecule has 3 N–H and O–H groups in total. The summed E-state index contributed by atoms with van der Waals surface area (Å²) in [5.41, 5.74) is 6.91. The summed E-state index contributed by atoms with van der Waals surface area (Å²) in [6.07, 6.45) is 1.91. The van der Waals surface area contributed by atoms with E-state index in [1.54, 1.807) is 6.07 Å². The topological polar surface area (TPSA) is 46.2 Å². The largest absolute Gasteiger partial charge is 0.506 e.